The van der Waals surface area contributed by atoms with E-state index in [-0.39, 0.29) is 0 Å². The number of nitrogens with zero attached hydrogens (tertiary/aromatic N) is 1. The van der Waals surface area contributed by atoms with Crippen LogP contribution in [0.15, 0.2) is 12.1 Å². The van der Waals surface area contributed by atoms with Crippen LogP contribution in [0.4, 0.5) is 11.4 Å². The van der Waals surface area contributed by atoms with E-state index in [0.717, 1.165) is 6.67 Å². The maximum atomic E-state index is 3.52. The van der Waals surface area contributed by atoms with Gasteiger partial charge in [-0.05, 0) is 23.0 Å². The Bertz CT molecular complexity index is 394. The van der Waals surface area contributed by atoms with Crippen molar-refractivity contribution in [3.63, 3.8) is 0 Å². The summed E-state index contributed by atoms with van der Waals surface area (Å²) in [5.41, 5.74) is 5.64. The first-order valence-electron chi connectivity index (χ1n) is 6.14. The van der Waals surface area contributed by atoms with E-state index in [1.165, 1.54) is 22.5 Å². The Hall–Kier alpha value is -1.18. The lowest BCUT2D eigenvalue weighted by Crippen LogP contribution is -2.17. The molecule has 0 unspecified atom stereocenters. The Morgan fingerprint density at radius 3 is 2.19 bits per heavy atom. The van der Waals surface area contributed by atoms with Crippen molar-refractivity contribution in [2.45, 2.75) is 39.5 Å². The topological polar surface area (TPSA) is 15.3 Å². The summed E-state index contributed by atoms with van der Waals surface area (Å²) in [5.74, 6) is 1.16. The van der Waals surface area contributed by atoms with E-state index in [9.17, 15) is 0 Å². The SMILES string of the molecule is CC(C)c1ccc(C(C)C)c2c1NCN2C. The van der Waals surface area contributed by atoms with Crippen molar-refractivity contribution in [2.24, 2.45) is 0 Å². The van der Waals surface area contributed by atoms with Crippen LogP contribution >= 0.6 is 0 Å². The van der Waals surface area contributed by atoms with Crippen molar-refractivity contribution < 1.29 is 0 Å². The molecule has 0 amide bonds. The summed E-state index contributed by atoms with van der Waals surface area (Å²) in [6.07, 6.45) is 0. The first-order valence-corrected chi connectivity index (χ1v) is 6.14. The van der Waals surface area contributed by atoms with Crippen molar-refractivity contribution in [3.8, 4) is 0 Å². The molecular formula is C14H22N2. The van der Waals surface area contributed by atoms with Gasteiger partial charge in [0.05, 0.1) is 18.0 Å². The first kappa shape index (κ1) is 11.3. The second-order valence-electron chi connectivity index (χ2n) is 5.31. The minimum absolute atomic E-state index is 0.578. The molecule has 1 N–H and O–H groups in total. The molecule has 0 saturated carbocycles. The van der Waals surface area contributed by atoms with Gasteiger partial charge in [0.2, 0.25) is 0 Å². The molecule has 0 atom stereocenters. The normalized spacial score (nSPS) is 14.6. The number of hydrogen-bond donors (Lipinski definition) is 1. The van der Waals surface area contributed by atoms with Gasteiger partial charge >= 0.3 is 0 Å². The summed E-state index contributed by atoms with van der Waals surface area (Å²) in [4.78, 5) is 2.32. The zero-order chi connectivity index (χ0) is 11.9. The standard InChI is InChI=1S/C14H22N2/c1-9(2)11-6-7-12(10(3)4)14-13(11)15-8-16(14)5/h6-7,9-10,15H,8H2,1-5H3. The predicted octanol–water partition coefficient (Wildman–Crippen LogP) is 3.75. The van der Waals surface area contributed by atoms with E-state index in [1.54, 1.807) is 0 Å². The third-order valence-electron chi connectivity index (χ3n) is 3.36. The second kappa shape index (κ2) is 4.00. The fourth-order valence-electron chi connectivity index (χ4n) is 2.44. The van der Waals surface area contributed by atoms with Crippen LogP contribution in [0.25, 0.3) is 0 Å². The average Bonchev–Trinajstić information content (AvgIpc) is 2.59. The number of anilines is 2. The van der Waals surface area contributed by atoms with Crippen molar-refractivity contribution >= 4 is 11.4 Å². The number of rotatable bonds is 2. The lowest BCUT2D eigenvalue weighted by Gasteiger charge is -2.20. The van der Waals surface area contributed by atoms with Crippen LogP contribution in [0.1, 0.15) is 50.7 Å². The molecule has 88 valence electrons. The fourth-order valence-corrected chi connectivity index (χ4v) is 2.44. The molecule has 0 radical (unpaired) electrons. The van der Waals surface area contributed by atoms with E-state index in [2.05, 4.69) is 57.1 Å². The first-order chi connectivity index (χ1) is 7.52. The van der Waals surface area contributed by atoms with Crippen LogP contribution in [0.3, 0.4) is 0 Å². The molecule has 1 aromatic rings. The third-order valence-corrected chi connectivity index (χ3v) is 3.36. The van der Waals surface area contributed by atoms with Gasteiger partial charge < -0.3 is 10.2 Å². The largest absolute Gasteiger partial charge is 0.366 e. The Morgan fingerprint density at radius 1 is 1.06 bits per heavy atom. The van der Waals surface area contributed by atoms with Crippen LogP contribution in [0.5, 0.6) is 0 Å². The minimum Gasteiger partial charge on any atom is -0.366 e. The molecule has 0 aliphatic carbocycles. The highest BCUT2D eigenvalue weighted by Gasteiger charge is 2.24. The quantitative estimate of drug-likeness (QED) is 0.813. The van der Waals surface area contributed by atoms with Gasteiger partial charge in [-0.3, -0.25) is 0 Å². The summed E-state index contributed by atoms with van der Waals surface area (Å²) in [6, 6.07) is 4.58. The summed E-state index contributed by atoms with van der Waals surface area (Å²) in [5, 5.41) is 3.52. The van der Waals surface area contributed by atoms with E-state index in [1.807, 2.05) is 0 Å². The molecule has 1 heterocycles. The molecule has 0 aromatic heterocycles. The number of benzene rings is 1. The van der Waals surface area contributed by atoms with Crippen LogP contribution in [-0.2, 0) is 0 Å². The second-order valence-corrected chi connectivity index (χ2v) is 5.31. The highest BCUT2D eigenvalue weighted by atomic mass is 15.3. The highest BCUT2D eigenvalue weighted by molar-refractivity contribution is 5.81. The molecule has 0 fully saturated rings. The van der Waals surface area contributed by atoms with E-state index in [0.29, 0.717) is 11.8 Å². The predicted molar refractivity (Wildman–Crippen MR) is 71.5 cm³/mol. The van der Waals surface area contributed by atoms with Gasteiger partial charge in [-0.25, -0.2) is 0 Å². The van der Waals surface area contributed by atoms with E-state index < -0.39 is 0 Å². The average molecular weight is 218 g/mol. The summed E-state index contributed by atoms with van der Waals surface area (Å²) >= 11 is 0. The van der Waals surface area contributed by atoms with Gasteiger partial charge in [0.1, 0.15) is 0 Å². The molecule has 0 saturated heterocycles. The Balaban J connectivity index is 2.59. The van der Waals surface area contributed by atoms with E-state index in [4.69, 9.17) is 0 Å². The van der Waals surface area contributed by atoms with Crippen LogP contribution in [0, 0.1) is 0 Å². The van der Waals surface area contributed by atoms with Crippen molar-refractivity contribution in [3.05, 3.63) is 23.3 Å². The number of hydrogen-bond acceptors (Lipinski definition) is 2. The van der Waals surface area contributed by atoms with Crippen LogP contribution in [0.2, 0.25) is 0 Å². The van der Waals surface area contributed by atoms with Crippen molar-refractivity contribution in [2.75, 3.05) is 23.9 Å². The summed E-state index contributed by atoms with van der Waals surface area (Å²) in [6.45, 7) is 9.96. The summed E-state index contributed by atoms with van der Waals surface area (Å²) in [7, 11) is 2.16. The van der Waals surface area contributed by atoms with E-state index >= 15 is 0 Å². The smallest absolute Gasteiger partial charge is 0.0874 e. The van der Waals surface area contributed by atoms with Crippen LogP contribution < -0.4 is 10.2 Å². The third kappa shape index (κ3) is 1.66. The zero-order valence-electron chi connectivity index (χ0n) is 11.0. The van der Waals surface area contributed by atoms with Gasteiger partial charge in [-0.15, -0.1) is 0 Å². The molecule has 0 spiro atoms. The monoisotopic (exact) mass is 218 g/mol. The molecule has 0 bridgehead atoms. The Morgan fingerprint density at radius 2 is 1.62 bits per heavy atom. The maximum absolute atomic E-state index is 3.52. The van der Waals surface area contributed by atoms with Crippen LogP contribution in [-0.4, -0.2) is 13.7 Å². The van der Waals surface area contributed by atoms with Gasteiger partial charge in [-0.1, -0.05) is 39.8 Å². The molecule has 2 rings (SSSR count). The van der Waals surface area contributed by atoms with Gasteiger partial charge in [0, 0.05) is 7.05 Å². The molecule has 1 aliphatic rings. The molecule has 2 heteroatoms. The van der Waals surface area contributed by atoms with Gasteiger partial charge in [0.25, 0.3) is 0 Å². The number of fused-ring (bicyclic) bond motifs is 1. The van der Waals surface area contributed by atoms with Gasteiger partial charge in [0.15, 0.2) is 0 Å². The van der Waals surface area contributed by atoms with Gasteiger partial charge in [-0.2, -0.15) is 0 Å². The molecule has 1 aliphatic heterocycles. The lowest BCUT2D eigenvalue weighted by molar-refractivity contribution is 0.846. The summed E-state index contributed by atoms with van der Waals surface area (Å²) < 4.78 is 0. The molecule has 2 nitrogen and oxygen atoms in total. The molecular weight excluding hydrogens is 196 g/mol. The Labute approximate surface area is 98.7 Å². The lowest BCUT2D eigenvalue weighted by atomic mass is 9.93. The Kier molecular flexibility index (Phi) is 2.83. The zero-order valence-corrected chi connectivity index (χ0v) is 11.0. The maximum Gasteiger partial charge on any atom is 0.0874 e. The fraction of sp³-hybridized carbons (Fsp3) is 0.571. The number of nitrogens with one attached hydrogen (secondary N) is 1. The minimum atomic E-state index is 0.578. The van der Waals surface area contributed by atoms with Crippen molar-refractivity contribution in [1.29, 1.82) is 0 Å². The van der Waals surface area contributed by atoms with Crippen molar-refractivity contribution in [1.82, 2.24) is 0 Å². The molecule has 16 heavy (non-hydrogen) atoms. The molecule has 1 aromatic carbocycles. The highest BCUT2D eigenvalue weighted by Crippen LogP contribution is 2.42.